The third-order valence-electron chi connectivity index (χ3n) is 9.32. The lowest BCUT2D eigenvalue weighted by Gasteiger charge is -2.62. The Morgan fingerprint density at radius 2 is 1.96 bits per heavy atom. The number of Topliss-reactive ketones (excluding diaryl/α,β-unsaturated/α-hetero) is 1. The molecule has 3 heteroatoms. The number of ketones is 1. The number of hydrogen-bond donors (Lipinski definition) is 1. The van der Waals surface area contributed by atoms with E-state index in [1.54, 1.807) is 0 Å². The molecule has 5 rings (SSSR count). The van der Waals surface area contributed by atoms with E-state index in [0.717, 1.165) is 51.6 Å². The predicted octanol–water partition coefficient (Wildman–Crippen LogP) is 3.34. The first-order valence-corrected chi connectivity index (χ1v) is 9.74. The number of carbonyl (C=O) groups excluding carboxylic acids is 1. The van der Waals surface area contributed by atoms with Crippen molar-refractivity contribution in [3.8, 4) is 0 Å². The van der Waals surface area contributed by atoms with Crippen molar-refractivity contribution < 1.29 is 14.6 Å². The molecule has 23 heavy (non-hydrogen) atoms. The summed E-state index contributed by atoms with van der Waals surface area (Å²) in [5, 5.41) is 10.3. The summed E-state index contributed by atoms with van der Waals surface area (Å²) in [6, 6.07) is 0. The molecule has 2 bridgehead atoms. The van der Waals surface area contributed by atoms with Gasteiger partial charge in [-0.3, -0.25) is 4.79 Å². The van der Waals surface area contributed by atoms with Gasteiger partial charge in [0.2, 0.25) is 0 Å². The minimum atomic E-state index is -0.143. The highest BCUT2D eigenvalue weighted by molar-refractivity contribution is 5.87. The largest absolute Gasteiger partial charge is 0.393 e. The van der Waals surface area contributed by atoms with E-state index in [4.69, 9.17) is 4.74 Å². The Bertz CT molecular complexity index is 559. The second-order valence-electron chi connectivity index (χ2n) is 9.80. The van der Waals surface area contributed by atoms with Crippen molar-refractivity contribution in [2.24, 2.45) is 34.0 Å². The van der Waals surface area contributed by atoms with Crippen molar-refractivity contribution in [1.82, 2.24) is 0 Å². The first-order valence-electron chi connectivity index (χ1n) is 9.74. The van der Waals surface area contributed by atoms with Gasteiger partial charge in [-0.25, -0.2) is 0 Å². The molecule has 0 aromatic rings. The van der Waals surface area contributed by atoms with Crippen LogP contribution in [-0.2, 0) is 9.53 Å². The smallest absolute Gasteiger partial charge is 0.139 e. The maximum absolute atomic E-state index is 12.5. The first kappa shape index (κ1) is 14.9. The number of carbonyl (C=O) groups is 1. The van der Waals surface area contributed by atoms with E-state index in [1.807, 2.05) is 0 Å². The standard InChI is InChI=1S/C20H30O3/c1-18-7-6-15-13(14(18)3-4-16(18)22)9-17-19(2)10-12(21)5-8-20(15,19)11-23-17/h12-15,17,21H,3-11H2,1-2H3/t12?,13-,14-,15-,17+,18-,19+,20-/m0/s1. The summed E-state index contributed by atoms with van der Waals surface area (Å²) < 4.78 is 6.37. The van der Waals surface area contributed by atoms with Gasteiger partial charge < -0.3 is 9.84 Å². The van der Waals surface area contributed by atoms with Crippen LogP contribution in [0.4, 0.5) is 0 Å². The first-order chi connectivity index (χ1) is 10.9. The number of aliphatic hydroxyl groups is 1. The third kappa shape index (κ3) is 1.57. The van der Waals surface area contributed by atoms with Crippen molar-refractivity contribution >= 4 is 5.78 Å². The summed E-state index contributed by atoms with van der Waals surface area (Å²) in [5.41, 5.74) is 0.383. The van der Waals surface area contributed by atoms with Crippen LogP contribution >= 0.6 is 0 Å². The van der Waals surface area contributed by atoms with Crippen molar-refractivity contribution in [2.75, 3.05) is 6.61 Å². The van der Waals surface area contributed by atoms with Gasteiger partial charge in [0.1, 0.15) is 5.78 Å². The zero-order valence-corrected chi connectivity index (χ0v) is 14.5. The minimum absolute atomic E-state index is 0.0425. The molecule has 1 aliphatic heterocycles. The molecule has 1 saturated heterocycles. The topological polar surface area (TPSA) is 46.5 Å². The third-order valence-corrected chi connectivity index (χ3v) is 9.32. The van der Waals surface area contributed by atoms with Crippen molar-refractivity contribution in [3.63, 3.8) is 0 Å². The lowest BCUT2D eigenvalue weighted by molar-refractivity contribution is -0.162. The van der Waals surface area contributed by atoms with Crippen molar-refractivity contribution in [2.45, 2.75) is 77.4 Å². The molecule has 1 heterocycles. The fourth-order valence-corrected chi connectivity index (χ4v) is 7.99. The Labute approximate surface area is 139 Å². The normalized spacial score (nSPS) is 61.0. The van der Waals surface area contributed by atoms with Gasteiger partial charge in [0, 0.05) is 22.7 Å². The molecule has 5 fully saturated rings. The van der Waals surface area contributed by atoms with Gasteiger partial charge in [-0.2, -0.15) is 0 Å². The SMILES string of the molecule is C[C@]12CC[C@H]3[C@@H](C[C@H]4OC[C@@]35CCC(O)C[C@]45C)[C@@H]1CCC2=O. The molecule has 0 aromatic heterocycles. The van der Waals surface area contributed by atoms with Crippen molar-refractivity contribution in [3.05, 3.63) is 0 Å². The number of fused-ring (bicyclic) bond motifs is 3. The average Bonchev–Trinajstić information content (AvgIpc) is 2.88. The molecule has 0 aromatic carbocycles. The summed E-state index contributed by atoms with van der Waals surface area (Å²) in [5.74, 6) is 2.50. The molecule has 4 aliphatic carbocycles. The van der Waals surface area contributed by atoms with Crippen LogP contribution in [0, 0.1) is 34.0 Å². The Kier molecular flexibility index (Phi) is 2.85. The van der Waals surface area contributed by atoms with Crippen LogP contribution in [0.15, 0.2) is 0 Å². The van der Waals surface area contributed by atoms with Gasteiger partial charge in [0.15, 0.2) is 0 Å². The monoisotopic (exact) mass is 318 g/mol. The minimum Gasteiger partial charge on any atom is -0.393 e. The molecular formula is C20H30O3. The Morgan fingerprint density at radius 1 is 1.13 bits per heavy atom. The van der Waals surface area contributed by atoms with Gasteiger partial charge in [-0.1, -0.05) is 13.8 Å². The van der Waals surface area contributed by atoms with Gasteiger partial charge >= 0.3 is 0 Å². The second-order valence-corrected chi connectivity index (χ2v) is 9.80. The van der Waals surface area contributed by atoms with Gasteiger partial charge in [0.25, 0.3) is 0 Å². The van der Waals surface area contributed by atoms with Crippen molar-refractivity contribution in [1.29, 1.82) is 0 Å². The van der Waals surface area contributed by atoms with Gasteiger partial charge in [0.05, 0.1) is 18.8 Å². The molecule has 8 atom stereocenters. The van der Waals surface area contributed by atoms with E-state index in [1.165, 1.54) is 6.42 Å². The zero-order valence-electron chi connectivity index (χ0n) is 14.5. The van der Waals surface area contributed by atoms with E-state index in [0.29, 0.717) is 29.6 Å². The molecule has 3 nitrogen and oxygen atoms in total. The Hall–Kier alpha value is -0.410. The Morgan fingerprint density at radius 3 is 2.78 bits per heavy atom. The maximum atomic E-state index is 12.5. The highest BCUT2D eigenvalue weighted by Crippen LogP contribution is 2.72. The fraction of sp³-hybridized carbons (Fsp3) is 0.950. The van der Waals surface area contributed by atoms with E-state index in [-0.39, 0.29) is 22.3 Å². The highest BCUT2D eigenvalue weighted by Gasteiger charge is 2.70. The number of rotatable bonds is 0. The van der Waals surface area contributed by atoms with Crippen LogP contribution in [0.25, 0.3) is 0 Å². The number of ether oxygens (including phenoxy) is 1. The predicted molar refractivity (Wildman–Crippen MR) is 86.8 cm³/mol. The maximum Gasteiger partial charge on any atom is 0.139 e. The number of hydrogen-bond acceptors (Lipinski definition) is 3. The molecule has 0 spiro atoms. The highest BCUT2D eigenvalue weighted by atomic mass is 16.5. The summed E-state index contributed by atoms with van der Waals surface area (Å²) in [7, 11) is 0. The summed E-state index contributed by atoms with van der Waals surface area (Å²) >= 11 is 0. The number of aliphatic hydroxyl groups excluding tert-OH is 1. The van der Waals surface area contributed by atoms with Crippen LogP contribution in [0.2, 0.25) is 0 Å². The van der Waals surface area contributed by atoms with Gasteiger partial charge in [-0.15, -0.1) is 0 Å². The quantitative estimate of drug-likeness (QED) is 0.745. The van der Waals surface area contributed by atoms with Gasteiger partial charge in [-0.05, 0) is 62.7 Å². The van der Waals surface area contributed by atoms with Crippen LogP contribution in [0.5, 0.6) is 0 Å². The molecular weight excluding hydrogens is 288 g/mol. The molecule has 0 amide bonds. The van der Waals surface area contributed by atoms with E-state index in [2.05, 4.69) is 13.8 Å². The zero-order chi connectivity index (χ0) is 16.0. The molecule has 128 valence electrons. The Balaban J connectivity index is 1.56. The summed E-state index contributed by atoms with van der Waals surface area (Å²) in [4.78, 5) is 12.5. The molecule has 1 N–H and O–H groups in total. The van der Waals surface area contributed by atoms with E-state index in [9.17, 15) is 9.90 Å². The van der Waals surface area contributed by atoms with Crippen LogP contribution in [0.1, 0.15) is 65.2 Å². The average molecular weight is 318 g/mol. The van der Waals surface area contributed by atoms with E-state index >= 15 is 0 Å². The van der Waals surface area contributed by atoms with Crippen LogP contribution in [0.3, 0.4) is 0 Å². The lowest BCUT2D eigenvalue weighted by Crippen LogP contribution is -2.61. The molecule has 0 radical (unpaired) electrons. The summed E-state index contributed by atoms with van der Waals surface area (Å²) in [6.45, 7) is 5.55. The molecule has 5 aliphatic rings. The fourth-order valence-electron chi connectivity index (χ4n) is 7.99. The van der Waals surface area contributed by atoms with Crippen LogP contribution in [-0.4, -0.2) is 29.7 Å². The summed E-state index contributed by atoms with van der Waals surface area (Å²) in [6.07, 6.45) is 8.47. The second kappa shape index (κ2) is 4.40. The van der Waals surface area contributed by atoms with Crippen LogP contribution < -0.4 is 0 Å². The lowest BCUT2D eigenvalue weighted by atomic mass is 9.40. The molecule has 1 unspecified atom stereocenters. The van der Waals surface area contributed by atoms with E-state index < -0.39 is 0 Å². The molecule has 4 saturated carbocycles.